The molecule has 0 unspecified atom stereocenters. The van der Waals surface area contributed by atoms with Gasteiger partial charge < -0.3 is 0 Å². The summed E-state index contributed by atoms with van der Waals surface area (Å²) in [6, 6.07) is 14.9. The number of rotatable bonds is 2. The summed E-state index contributed by atoms with van der Waals surface area (Å²) in [6.45, 7) is 0. The fourth-order valence-corrected chi connectivity index (χ4v) is 2.35. The molecule has 0 atom stereocenters. The van der Waals surface area contributed by atoms with Gasteiger partial charge in [0.2, 0.25) is 0 Å². The molecule has 0 radical (unpaired) electrons. The van der Waals surface area contributed by atoms with Gasteiger partial charge in [-0.15, -0.1) is 0 Å². The number of hydrogen-bond acceptors (Lipinski definition) is 4. The topological polar surface area (TPSA) is 76.0 Å². The first-order chi connectivity index (χ1) is 9.06. The van der Waals surface area contributed by atoms with Gasteiger partial charge in [0.05, 0.1) is 0 Å². The third kappa shape index (κ3) is 2.11. The van der Waals surface area contributed by atoms with Crippen LogP contribution in [0.4, 0.5) is 0 Å². The highest BCUT2D eigenvalue weighted by molar-refractivity contribution is 7.80. The first-order valence-corrected chi connectivity index (χ1v) is 6.86. The molecule has 2 aromatic carbocycles. The molecule has 6 heteroatoms. The molecule has 3 rings (SSSR count). The Morgan fingerprint density at radius 3 is 1.68 bits per heavy atom. The molecule has 0 saturated heterocycles. The summed E-state index contributed by atoms with van der Waals surface area (Å²) >= 11 is 0. The molecule has 1 aliphatic carbocycles. The summed E-state index contributed by atoms with van der Waals surface area (Å²) in [7, 11) is -4.60. The molecular weight excluding hydrogens is 266 g/mol. The van der Waals surface area contributed by atoms with Crippen molar-refractivity contribution in [3.05, 3.63) is 59.7 Å². The zero-order valence-electron chi connectivity index (χ0n) is 9.65. The molecule has 96 valence electrons. The molecule has 0 amide bonds. The Bertz CT molecular complexity index is 733. The van der Waals surface area contributed by atoms with E-state index < -0.39 is 10.4 Å². The maximum absolute atomic E-state index is 10.6. The van der Waals surface area contributed by atoms with Crippen LogP contribution in [0.2, 0.25) is 0 Å². The molecule has 0 fully saturated rings. The van der Waals surface area contributed by atoms with E-state index in [0.717, 1.165) is 22.3 Å². The minimum Gasteiger partial charge on any atom is -0.253 e. The summed E-state index contributed by atoms with van der Waals surface area (Å²) in [5.74, 6) is 0. The van der Waals surface area contributed by atoms with E-state index in [4.69, 9.17) is 4.55 Å². The van der Waals surface area contributed by atoms with Crippen molar-refractivity contribution in [1.29, 1.82) is 0 Å². The van der Waals surface area contributed by atoms with Gasteiger partial charge in [-0.3, -0.25) is 4.55 Å². The van der Waals surface area contributed by atoms with Crippen LogP contribution in [0.1, 0.15) is 11.1 Å². The van der Waals surface area contributed by atoms with E-state index in [2.05, 4.69) is 9.44 Å². The predicted molar refractivity (Wildman–Crippen MR) is 70.2 cm³/mol. The zero-order valence-corrected chi connectivity index (χ0v) is 10.5. The molecule has 0 aliphatic heterocycles. The van der Waals surface area contributed by atoms with Crippen molar-refractivity contribution < 1.29 is 17.3 Å². The Morgan fingerprint density at radius 2 is 1.26 bits per heavy atom. The summed E-state index contributed by atoms with van der Waals surface area (Å²) in [5, 5.41) is 3.56. The van der Waals surface area contributed by atoms with E-state index in [0.29, 0.717) is 5.71 Å². The second kappa shape index (κ2) is 4.18. The maximum atomic E-state index is 10.6. The normalized spacial score (nSPS) is 12.8. The molecule has 0 heterocycles. The number of oxime groups is 1. The van der Waals surface area contributed by atoms with E-state index in [1.165, 1.54) is 0 Å². The van der Waals surface area contributed by atoms with Crippen LogP contribution in [0.3, 0.4) is 0 Å². The highest BCUT2D eigenvalue weighted by atomic mass is 32.3. The van der Waals surface area contributed by atoms with Crippen LogP contribution in [0, 0.1) is 0 Å². The van der Waals surface area contributed by atoms with Crippen molar-refractivity contribution in [3.8, 4) is 11.1 Å². The molecular formula is C13H9NO4S. The van der Waals surface area contributed by atoms with Gasteiger partial charge in [0, 0.05) is 11.1 Å². The molecule has 0 spiro atoms. The van der Waals surface area contributed by atoms with Crippen LogP contribution in [0.5, 0.6) is 0 Å². The highest BCUT2D eigenvalue weighted by Crippen LogP contribution is 2.36. The standard InChI is InChI=1S/C13H9NO4S/c15-19(16,17)18-14-13-11-7-3-1-5-9(11)10-6-2-4-8-12(10)13/h1-8H,(H,15,16,17). The van der Waals surface area contributed by atoms with Crippen LogP contribution in [0.15, 0.2) is 53.7 Å². The lowest BCUT2D eigenvalue weighted by atomic mass is 10.1. The van der Waals surface area contributed by atoms with Gasteiger partial charge in [-0.05, 0) is 11.1 Å². The molecule has 0 bridgehead atoms. The van der Waals surface area contributed by atoms with Crippen LogP contribution >= 0.6 is 0 Å². The van der Waals surface area contributed by atoms with Gasteiger partial charge in [0.1, 0.15) is 5.71 Å². The lowest BCUT2D eigenvalue weighted by Crippen LogP contribution is -2.04. The highest BCUT2D eigenvalue weighted by Gasteiger charge is 2.25. The SMILES string of the molecule is O=S(=O)(O)ON=C1c2ccccc2-c2ccccc21. The van der Waals surface area contributed by atoms with Crippen molar-refractivity contribution in [3.63, 3.8) is 0 Å². The molecule has 0 aromatic heterocycles. The monoisotopic (exact) mass is 275 g/mol. The summed E-state index contributed by atoms with van der Waals surface area (Å²) < 4.78 is 34.0. The van der Waals surface area contributed by atoms with Crippen LogP contribution in [-0.4, -0.2) is 18.7 Å². The Morgan fingerprint density at radius 1 is 0.842 bits per heavy atom. The van der Waals surface area contributed by atoms with Gasteiger partial charge in [-0.1, -0.05) is 53.7 Å². The fraction of sp³-hybridized carbons (Fsp3) is 0. The first-order valence-electron chi connectivity index (χ1n) is 5.49. The molecule has 0 saturated carbocycles. The molecule has 1 aliphatic rings. The third-order valence-corrected chi connectivity index (χ3v) is 3.14. The lowest BCUT2D eigenvalue weighted by Gasteiger charge is -1.99. The molecule has 1 N–H and O–H groups in total. The van der Waals surface area contributed by atoms with E-state index in [1.807, 2.05) is 48.5 Å². The largest absolute Gasteiger partial charge is 0.466 e. The lowest BCUT2D eigenvalue weighted by molar-refractivity contribution is 0.283. The Hall–Kier alpha value is -2.18. The molecule has 5 nitrogen and oxygen atoms in total. The maximum Gasteiger partial charge on any atom is 0.466 e. The van der Waals surface area contributed by atoms with E-state index >= 15 is 0 Å². The van der Waals surface area contributed by atoms with Crippen molar-refractivity contribution in [2.45, 2.75) is 0 Å². The van der Waals surface area contributed by atoms with E-state index in [-0.39, 0.29) is 0 Å². The average molecular weight is 275 g/mol. The number of fused-ring (bicyclic) bond motifs is 3. The summed E-state index contributed by atoms with van der Waals surface area (Å²) in [4.78, 5) is 0. The number of hydrogen-bond donors (Lipinski definition) is 1. The Balaban J connectivity index is 2.20. The van der Waals surface area contributed by atoms with Gasteiger partial charge in [0.15, 0.2) is 0 Å². The Kier molecular flexibility index (Phi) is 2.62. The van der Waals surface area contributed by atoms with E-state index in [9.17, 15) is 8.42 Å². The average Bonchev–Trinajstić information content (AvgIpc) is 2.70. The fourth-order valence-electron chi connectivity index (χ4n) is 2.18. The molecule has 2 aromatic rings. The predicted octanol–water partition coefficient (Wildman–Crippen LogP) is 2.24. The second-order valence-electron chi connectivity index (χ2n) is 4.03. The van der Waals surface area contributed by atoms with Gasteiger partial charge >= 0.3 is 10.4 Å². The first kappa shape index (κ1) is 11.9. The van der Waals surface area contributed by atoms with Crippen LogP contribution in [-0.2, 0) is 14.7 Å². The Labute approximate surface area is 110 Å². The van der Waals surface area contributed by atoms with Crippen LogP contribution < -0.4 is 0 Å². The molecule has 19 heavy (non-hydrogen) atoms. The van der Waals surface area contributed by atoms with Crippen molar-refractivity contribution >= 4 is 16.1 Å². The summed E-state index contributed by atoms with van der Waals surface area (Å²) in [6.07, 6.45) is 0. The minimum atomic E-state index is -4.60. The van der Waals surface area contributed by atoms with Crippen LogP contribution in [0.25, 0.3) is 11.1 Å². The number of nitrogens with zero attached hydrogens (tertiary/aromatic N) is 1. The van der Waals surface area contributed by atoms with E-state index in [1.54, 1.807) is 0 Å². The van der Waals surface area contributed by atoms with Crippen molar-refractivity contribution in [2.24, 2.45) is 5.16 Å². The summed E-state index contributed by atoms with van der Waals surface area (Å²) in [5.41, 5.74) is 3.84. The van der Waals surface area contributed by atoms with Crippen molar-refractivity contribution in [2.75, 3.05) is 0 Å². The quantitative estimate of drug-likeness (QED) is 0.575. The number of benzene rings is 2. The van der Waals surface area contributed by atoms with Crippen molar-refractivity contribution in [1.82, 2.24) is 0 Å². The van der Waals surface area contributed by atoms with Gasteiger partial charge in [-0.25, -0.2) is 4.28 Å². The third-order valence-electron chi connectivity index (χ3n) is 2.88. The zero-order chi connectivity index (χ0) is 13.5. The minimum absolute atomic E-state index is 0.392. The van der Waals surface area contributed by atoms with Gasteiger partial charge in [0.25, 0.3) is 0 Å². The van der Waals surface area contributed by atoms with Gasteiger partial charge in [-0.2, -0.15) is 8.42 Å². The smallest absolute Gasteiger partial charge is 0.253 e. The second-order valence-corrected chi connectivity index (χ2v) is 5.04.